The standard InChI is InChI=1S/C9H11BrClN3O2/c1-16-4-7(12)9(15)14-5-2-6(10)8(11)13-3-5/h2-3,7H,4,12H2,1H3,(H,14,15). The minimum absolute atomic E-state index is 0.161. The fourth-order valence-electron chi connectivity index (χ4n) is 0.980. The minimum Gasteiger partial charge on any atom is -0.383 e. The van der Waals surface area contributed by atoms with Crippen molar-refractivity contribution in [3.05, 3.63) is 21.9 Å². The van der Waals surface area contributed by atoms with Crippen molar-refractivity contribution < 1.29 is 9.53 Å². The van der Waals surface area contributed by atoms with Crippen LogP contribution in [0.5, 0.6) is 0 Å². The molecular formula is C9H11BrClN3O2. The van der Waals surface area contributed by atoms with Crippen LogP contribution in [0.1, 0.15) is 0 Å². The molecule has 1 aromatic heterocycles. The van der Waals surface area contributed by atoms with Crippen LogP contribution < -0.4 is 11.1 Å². The Balaban J connectivity index is 2.66. The number of anilines is 1. The molecule has 0 fully saturated rings. The molecular weight excluding hydrogens is 297 g/mol. The summed E-state index contributed by atoms with van der Waals surface area (Å²) in [5.41, 5.74) is 6.07. The van der Waals surface area contributed by atoms with Crippen molar-refractivity contribution >= 4 is 39.1 Å². The largest absolute Gasteiger partial charge is 0.383 e. The average Bonchev–Trinajstić information content (AvgIpc) is 2.24. The van der Waals surface area contributed by atoms with Gasteiger partial charge in [0.05, 0.1) is 23.0 Å². The molecule has 0 spiro atoms. The normalized spacial score (nSPS) is 12.2. The molecule has 1 atom stereocenters. The molecule has 1 aromatic rings. The van der Waals surface area contributed by atoms with Crippen LogP contribution in [0.2, 0.25) is 5.15 Å². The Morgan fingerprint density at radius 2 is 2.50 bits per heavy atom. The van der Waals surface area contributed by atoms with E-state index in [0.29, 0.717) is 15.3 Å². The first kappa shape index (κ1) is 13.4. The van der Waals surface area contributed by atoms with E-state index in [1.807, 2.05) is 0 Å². The first-order chi connectivity index (χ1) is 7.54. The first-order valence-corrected chi connectivity index (χ1v) is 5.58. The number of halogens is 2. The lowest BCUT2D eigenvalue weighted by Gasteiger charge is -2.11. The summed E-state index contributed by atoms with van der Waals surface area (Å²) in [6.07, 6.45) is 1.45. The summed E-state index contributed by atoms with van der Waals surface area (Å²) in [7, 11) is 1.48. The monoisotopic (exact) mass is 307 g/mol. The summed E-state index contributed by atoms with van der Waals surface area (Å²) in [5.74, 6) is -0.335. The fraction of sp³-hybridized carbons (Fsp3) is 0.333. The topological polar surface area (TPSA) is 77.2 Å². The number of hydrogen-bond acceptors (Lipinski definition) is 4. The van der Waals surface area contributed by atoms with E-state index in [1.165, 1.54) is 13.3 Å². The van der Waals surface area contributed by atoms with E-state index in [-0.39, 0.29) is 12.5 Å². The summed E-state index contributed by atoms with van der Waals surface area (Å²) in [6.45, 7) is 0.161. The Labute approximate surface area is 106 Å². The molecule has 3 N–H and O–H groups in total. The highest BCUT2D eigenvalue weighted by Crippen LogP contribution is 2.22. The summed E-state index contributed by atoms with van der Waals surface area (Å²) >= 11 is 8.92. The van der Waals surface area contributed by atoms with Crippen molar-refractivity contribution in [1.29, 1.82) is 0 Å². The zero-order valence-corrected chi connectivity index (χ0v) is 10.9. The molecule has 0 saturated carbocycles. The van der Waals surface area contributed by atoms with E-state index >= 15 is 0 Å². The summed E-state index contributed by atoms with van der Waals surface area (Å²) in [6, 6.07) is 0.937. The molecule has 0 aromatic carbocycles. The van der Waals surface area contributed by atoms with Crippen molar-refractivity contribution in [3.63, 3.8) is 0 Å². The maximum absolute atomic E-state index is 11.5. The van der Waals surface area contributed by atoms with Crippen LogP contribution in [0.15, 0.2) is 16.7 Å². The molecule has 1 rings (SSSR count). The van der Waals surface area contributed by atoms with Crippen molar-refractivity contribution in [2.24, 2.45) is 5.73 Å². The zero-order chi connectivity index (χ0) is 12.1. The van der Waals surface area contributed by atoms with Crippen LogP contribution in [-0.2, 0) is 9.53 Å². The van der Waals surface area contributed by atoms with Crippen molar-refractivity contribution in [1.82, 2.24) is 4.98 Å². The van der Waals surface area contributed by atoms with Gasteiger partial charge in [0.15, 0.2) is 0 Å². The van der Waals surface area contributed by atoms with E-state index in [1.54, 1.807) is 6.07 Å². The van der Waals surface area contributed by atoms with Crippen molar-refractivity contribution in [3.8, 4) is 0 Å². The fourth-order valence-corrected chi connectivity index (χ4v) is 1.43. The van der Waals surface area contributed by atoms with Gasteiger partial charge < -0.3 is 15.8 Å². The quantitative estimate of drug-likeness (QED) is 0.825. The predicted molar refractivity (Wildman–Crippen MR) is 65.4 cm³/mol. The van der Waals surface area contributed by atoms with Gasteiger partial charge in [0.1, 0.15) is 11.2 Å². The Morgan fingerprint density at radius 3 is 3.06 bits per heavy atom. The number of nitrogens with zero attached hydrogens (tertiary/aromatic N) is 1. The number of hydrogen-bond donors (Lipinski definition) is 2. The van der Waals surface area contributed by atoms with E-state index in [9.17, 15) is 4.79 Å². The maximum atomic E-state index is 11.5. The van der Waals surface area contributed by atoms with Crippen molar-refractivity contribution in [2.45, 2.75) is 6.04 Å². The number of ether oxygens (including phenoxy) is 1. The highest BCUT2D eigenvalue weighted by Gasteiger charge is 2.13. The van der Waals surface area contributed by atoms with Gasteiger partial charge in [0.2, 0.25) is 5.91 Å². The number of nitrogens with two attached hydrogens (primary N) is 1. The van der Waals surface area contributed by atoms with Crippen molar-refractivity contribution in [2.75, 3.05) is 19.0 Å². The van der Waals surface area contributed by atoms with Crippen LogP contribution in [0.3, 0.4) is 0 Å². The van der Waals surface area contributed by atoms with Gasteiger partial charge in [-0.2, -0.15) is 0 Å². The van der Waals surface area contributed by atoms with Crippen LogP contribution in [-0.4, -0.2) is 30.6 Å². The minimum atomic E-state index is -0.709. The number of rotatable bonds is 4. The molecule has 0 aliphatic carbocycles. The van der Waals surface area contributed by atoms with Gasteiger partial charge >= 0.3 is 0 Å². The molecule has 0 saturated heterocycles. The van der Waals surface area contributed by atoms with E-state index < -0.39 is 6.04 Å². The van der Waals surface area contributed by atoms with Gasteiger partial charge in [-0.15, -0.1) is 0 Å². The highest BCUT2D eigenvalue weighted by molar-refractivity contribution is 9.10. The Morgan fingerprint density at radius 1 is 1.81 bits per heavy atom. The third-order valence-corrected chi connectivity index (χ3v) is 2.88. The molecule has 88 valence electrons. The molecule has 5 nitrogen and oxygen atoms in total. The second-order valence-electron chi connectivity index (χ2n) is 3.05. The Hall–Kier alpha value is -0.690. The zero-order valence-electron chi connectivity index (χ0n) is 8.54. The number of carbonyl (C=O) groups excluding carboxylic acids is 1. The average molecular weight is 309 g/mol. The Kier molecular flexibility index (Phi) is 5.14. The van der Waals surface area contributed by atoms with E-state index in [2.05, 4.69) is 26.2 Å². The van der Waals surface area contributed by atoms with Gasteiger partial charge in [0.25, 0.3) is 0 Å². The van der Waals surface area contributed by atoms with Gasteiger partial charge in [-0.05, 0) is 22.0 Å². The number of carbonyl (C=O) groups is 1. The van der Waals surface area contributed by atoms with E-state index in [4.69, 9.17) is 22.1 Å². The summed E-state index contributed by atoms with van der Waals surface area (Å²) in [5, 5.41) is 2.93. The van der Waals surface area contributed by atoms with Gasteiger partial charge in [0, 0.05) is 7.11 Å². The molecule has 0 bridgehead atoms. The molecule has 0 radical (unpaired) electrons. The second-order valence-corrected chi connectivity index (χ2v) is 4.26. The molecule has 0 aliphatic heterocycles. The number of nitrogens with one attached hydrogen (secondary N) is 1. The third-order valence-electron chi connectivity index (χ3n) is 1.75. The smallest absolute Gasteiger partial charge is 0.243 e. The van der Waals surface area contributed by atoms with Gasteiger partial charge in [-0.3, -0.25) is 4.79 Å². The maximum Gasteiger partial charge on any atom is 0.243 e. The summed E-state index contributed by atoms with van der Waals surface area (Å²) < 4.78 is 5.38. The number of amides is 1. The lowest BCUT2D eigenvalue weighted by molar-refractivity contribution is -0.118. The van der Waals surface area contributed by atoms with E-state index in [0.717, 1.165) is 0 Å². The number of aromatic nitrogens is 1. The molecule has 1 amide bonds. The van der Waals surface area contributed by atoms with Gasteiger partial charge in [-0.25, -0.2) is 4.98 Å². The highest BCUT2D eigenvalue weighted by atomic mass is 79.9. The van der Waals surface area contributed by atoms with Crippen LogP contribution in [0, 0.1) is 0 Å². The van der Waals surface area contributed by atoms with Crippen LogP contribution in [0.4, 0.5) is 5.69 Å². The predicted octanol–water partition coefficient (Wildman–Crippen LogP) is 1.41. The molecule has 16 heavy (non-hydrogen) atoms. The van der Waals surface area contributed by atoms with Gasteiger partial charge in [-0.1, -0.05) is 11.6 Å². The third kappa shape index (κ3) is 3.71. The Bertz CT molecular complexity index is 389. The first-order valence-electron chi connectivity index (χ1n) is 4.41. The molecule has 0 aliphatic rings. The summed E-state index contributed by atoms with van der Waals surface area (Å²) in [4.78, 5) is 15.4. The molecule has 1 unspecified atom stereocenters. The van der Waals surface area contributed by atoms with Crippen LogP contribution >= 0.6 is 27.5 Å². The lowest BCUT2D eigenvalue weighted by Crippen LogP contribution is -2.39. The van der Waals surface area contributed by atoms with Crippen LogP contribution in [0.25, 0.3) is 0 Å². The lowest BCUT2D eigenvalue weighted by atomic mass is 10.3. The number of methoxy groups -OCH3 is 1. The molecule has 1 heterocycles. The number of pyridine rings is 1. The molecule has 7 heteroatoms. The SMILES string of the molecule is COCC(N)C(=O)Nc1cnc(Cl)c(Br)c1. The second kappa shape index (κ2) is 6.15.